The Hall–Kier alpha value is -0.940. The molecule has 1 heterocycles. The maximum Gasteiger partial charge on any atom is 0.206 e. The van der Waals surface area contributed by atoms with Crippen LogP contribution in [0.1, 0.15) is 28.6 Å². The zero-order valence-electron chi connectivity index (χ0n) is 9.40. The van der Waals surface area contributed by atoms with Crippen molar-refractivity contribution in [2.24, 2.45) is 0 Å². The molecule has 0 radical (unpaired) electrons. The number of aryl methyl sites for hydroxylation is 1. The van der Waals surface area contributed by atoms with Crippen molar-refractivity contribution in [1.29, 1.82) is 0 Å². The number of hydrogen-bond donors (Lipinski definition) is 1. The van der Waals surface area contributed by atoms with Gasteiger partial charge in [-0.25, -0.2) is 0 Å². The summed E-state index contributed by atoms with van der Waals surface area (Å²) in [5.74, 6) is 0. The topological polar surface area (TPSA) is 37.8 Å². The van der Waals surface area contributed by atoms with Crippen LogP contribution in [-0.4, -0.2) is 10.2 Å². The molecular weight excluding hydrogens is 298 g/mol. The lowest BCUT2D eigenvalue weighted by Crippen LogP contribution is -2.06. The molecule has 0 amide bonds. The molecule has 88 valence electrons. The van der Waals surface area contributed by atoms with Gasteiger partial charge < -0.3 is 5.32 Å². The quantitative estimate of drug-likeness (QED) is 0.919. The molecule has 1 unspecified atom stereocenters. The van der Waals surface area contributed by atoms with Crippen LogP contribution in [-0.2, 0) is 6.42 Å². The van der Waals surface area contributed by atoms with E-state index in [1.807, 2.05) is 6.92 Å². The molecule has 1 atom stereocenters. The summed E-state index contributed by atoms with van der Waals surface area (Å²) in [6.45, 7) is 1.97. The van der Waals surface area contributed by atoms with Crippen molar-refractivity contribution in [3.8, 4) is 0 Å². The molecule has 17 heavy (non-hydrogen) atoms. The largest absolute Gasteiger partial charge is 0.353 e. The van der Waals surface area contributed by atoms with Gasteiger partial charge >= 0.3 is 0 Å². The van der Waals surface area contributed by atoms with Gasteiger partial charge in [0, 0.05) is 4.47 Å². The van der Waals surface area contributed by atoms with E-state index in [2.05, 4.69) is 49.6 Å². The van der Waals surface area contributed by atoms with Gasteiger partial charge in [-0.2, -0.15) is 0 Å². The van der Waals surface area contributed by atoms with E-state index in [4.69, 9.17) is 0 Å². The Bertz CT molecular complexity index is 552. The molecule has 5 heteroatoms. The number of nitrogens with one attached hydrogen (secondary N) is 1. The Morgan fingerprint density at radius 2 is 2.29 bits per heavy atom. The summed E-state index contributed by atoms with van der Waals surface area (Å²) in [6.07, 6.45) is 2.24. The Morgan fingerprint density at radius 1 is 1.41 bits per heavy atom. The Kier molecular flexibility index (Phi) is 2.88. The highest BCUT2D eigenvalue weighted by Crippen LogP contribution is 2.37. The van der Waals surface area contributed by atoms with E-state index in [9.17, 15) is 0 Å². The number of anilines is 1. The van der Waals surface area contributed by atoms with E-state index >= 15 is 0 Å². The first-order valence-electron chi connectivity index (χ1n) is 5.58. The minimum Gasteiger partial charge on any atom is -0.353 e. The zero-order valence-corrected chi connectivity index (χ0v) is 11.8. The van der Waals surface area contributed by atoms with E-state index < -0.39 is 0 Å². The molecule has 0 saturated heterocycles. The molecule has 1 aromatic carbocycles. The molecule has 0 spiro atoms. The van der Waals surface area contributed by atoms with Gasteiger partial charge in [0.15, 0.2) is 0 Å². The molecule has 0 saturated carbocycles. The number of nitrogens with zero attached hydrogens (tertiary/aromatic N) is 2. The highest BCUT2D eigenvalue weighted by Gasteiger charge is 2.24. The molecule has 1 aromatic heterocycles. The van der Waals surface area contributed by atoms with Gasteiger partial charge in [0.05, 0.1) is 6.04 Å². The van der Waals surface area contributed by atoms with E-state index in [1.54, 1.807) is 11.3 Å². The van der Waals surface area contributed by atoms with Crippen LogP contribution >= 0.6 is 27.3 Å². The van der Waals surface area contributed by atoms with Crippen molar-refractivity contribution in [2.75, 3.05) is 5.32 Å². The van der Waals surface area contributed by atoms with Gasteiger partial charge in [-0.15, -0.1) is 10.2 Å². The summed E-state index contributed by atoms with van der Waals surface area (Å²) >= 11 is 5.22. The third-order valence-corrected chi connectivity index (χ3v) is 4.55. The lowest BCUT2D eigenvalue weighted by Gasteiger charge is -2.12. The van der Waals surface area contributed by atoms with Crippen LogP contribution < -0.4 is 5.32 Å². The Labute approximate surface area is 112 Å². The van der Waals surface area contributed by atoms with Crippen LogP contribution in [0.5, 0.6) is 0 Å². The minimum atomic E-state index is 0.370. The van der Waals surface area contributed by atoms with Crippen molar-refractivity contribution in [3.63, 3.8) is 0 Å². The molecule has 2 aromatic rings. The lowest BCUT2D eigenvalue weighted by molar-refractivity contribution is 0.758. The molecule has 3 rings (SSSR count). The standard InChI is InChI=1S/C12H12BrN3S/c1-7-15-16-12(17-7)14-11-6-5-8-9(11)3-2-4-10(8)13/h2-4,11H,5-6H2,1H3,(H,14,16). The van der Waals surface area contributed by atoms with Gasteiger partial charge in [-0.1, -0.05) is 39.4 Å². The summed E-state index contributed by atoms with van der Waals surface area (Å²) in [4.78, 5) is 0. The maximum atomic E-state index is 4.12. The van der Waals surface area contributed by atoms with Crippen LogP contribution in [0, 0.1) is 6.92 Å². The number of benzene rings is 1. The molecule has 0 fully saturated rings. The number of hydrogen-bond acceptors (Lipinski definition) is 4. The maximum absolute atomic E-state index is 4.12. The number of halogens is 1. The van der Waals surface area contributed by atoms with E-state index in [1.165, 1.54) is 15.6 Å². The summed E-state index contributed by atoms with van der Waals surface area (Å²) in [6, 6.07) is 6.76. The number of rotatable bonds is 2. The molecule has 3 nitrogen and oxygen atoms in total. The van der Waals surface area contributed by atoms with Crippen molar-refractivity contribution >= 4 is 32.4 Å². The first kappa shape index (κ1) is 11.2. The second-order valence-electron chi connectivity index (χ2n) is 4.17. The van der Waals surface area contributed by atoms with Crippen molar-refractivity contribution < 1.29 is 0 Å². The lowest BCUT2D eigenvalue weighted by atomic mass is 10.1. The summed E-state index contributed by atoms with van der Waals surface area (Å²) < 4.78 is 1.22. The zero-order chi connectivity index (χ0) is 11.8. The van der Waals surface area contributed by atoms with Crippen LogP contribution in [0.2, 0.25) is 0 Å². The SMILES string of the molecule is Cc1nnc(NC2CCc3c(Br)cccc32)s1. The smallest absolute Gasteiger partial charge is 0.206 e. The van der Waals surface area contributed by atoms with Crippen LogP contribution in [0.25, 0.3) is 0 Å². The molecule has 1 N–H and O–H groups in total. The van der Waals surface area contributed by atoms with Crippen LogP contribution in [0.15, 0.2) is 22.7 Å². The van der Waals surface area contributed by atoms with E-state index in [-0.39, 0.29) is 0 Å². The second kappa shape index (κ2) is 4.38. The summed E-state index contributed by atoms with van der Waals surface area (Å²) in [7, 11) is 0. The van der Waals surface area contributed by atoms with Crippen molar-refractivity contribution in [2.45, 2.75) is 25.8 Å². The highest BCUT2D eigenvalue weighted by atomic mass is 79.9. The third kappa shape index (κ3) is 2.09. The van der Waals surface area contributed by atoms with Gasteiger partial charge in [0.25, 0.3) is 0 Å². The van der Waals surface area contributed by atoms with Crippen LogP contribution in [0.3, 0.4) is 0 Å². The summed E-state index contributed by atoms with van der Waals surface area (Å²) in [5, 5.41) is 13.5. The fraction of sp³-hybridized carbons (Fsp3) is 0.333. The highest BCUT2D eigenvalue weighted by molar-refractivity contribution is 9.10. The number of aromatic nitrogens is 2. The monoisotopic (exact) mass is 309 g/mol. The van der Waals surface area contributed by atoms with Crippen LogP contribution in [0.4, 0.5) is 5.13 Å². The summed E-state index contributed by atoms with van der Waals surface area (Å²) in [5.41, 5.74) is 2.80. The number of fused-ring (bicyclic) bond motifs is 1. The second-order valence-corrected chi connectivity index (χ2v) is 6.21. The molecule has 1 aliphatic carbocycles. The van der Waals surface area contributed by atoms with Gasteiger partial charge in [-0.05, 0) is 37.0 Å². The first-order valence-corrected chi connectivity index (χ1v) is 7.19. The Morgan fingerprint density at radius 3 is 3.06 bits per heavy atom. The van der Waals surface area contributed by atoms with E-state index in [0.717, 1.165) is 23.0 Å². The van der Waals surface area contributed by atoms with Gasteiger partial charge in [0.2, 0.25) is 5.13 Å². The Balaban J connectivity index is 1.86. The molecule has 0 aliphatic heterocycles. The third-order valence-electron chi connectivity index (χ3n) is 3.04. The van der Waals surface area contributed by atoms with E-state index in [0.29, 0.717) is 6.04 Å². The van der Waals surface area contributed by atoms with Gasteiger partial charge in [-0.3, -0.25) is 0 Å². The van der Waals surface area contributed by atoms with Crippen molar-refractivity contribution in [3.05, 3.63) is 38.8 Å². The van der Waals surface area contributed by atoms with Gasteiger partial charge in [0.1, 0.15) is 5.01 Å². The first-order chi connectivity index (χ1) is 8.24. The molecule has 0 bridgehead atoms. The average Bonchev–Trinajstić information content (AvgIpc) is 2.88. The molecular formula is C12H12BrN3S. The predicted octanol–water partition coefficient (Wildman–Crippen LogP) is 3.71. The predicted molar refractivity (Wildman–Crippen MR) is 73.5 cm³/mol. The average molecular weight is 310 g/mol. The fourth-order valence-corrected chi connectivity index (χ4v) is 3.49. The normalized spacial score (nSPS) is 18.1. The van der Waals surface area contributed by atoms with Crippen molar-refractivity contribution in [1.82, 2.24) is 10.2 Å². The fourth-order valence-electron chi connectivity index (χ4n) is 2.26. The molecule has 1 aliphatic rings. The minimum absolute atomic E-state index is 0.370.